The van der Waals surface area contributed by atoms with Crippen molar-refractivity contribution < 1.29 is 4.79 Å². The molecule has 1 saturated carbocycles. The summed E-state index contributed by atoms with van der Waals surface area (Å²) < 4.78 is 0. The van der Waals surface area contributed by atoms with Crippen LogP contribution in [-0.4, -0.2) is 32.0 Å². The van der Waals surface area contributed by atoms with Crippen LogP contribution in [0.4, 0.5) is 5.69 Å². The Balaban J connectivity index is 1.72. The summed E-state index contributed by atoms with van der Waals surface area (Å²) in [5.41, 5.74) is 1.34. The number of amidine groups is 1. The van der Waals surface area contributed by atoms with Crippen LogP contribution in [0.2, 0.25) is 5.15 Å². The molecule has 7 heteroatoms. The first-order chi connectivity index (χ1) is 13.2. The summed E-state index contributed by atoms with van der Waals surface area (Å²) in [4.78, 5) is 28.7. The molecule has 1 saturated heterocycles. The number of hydrogen-bond donors (Lipinski definition) is 0. The van der Waals surface area contributed by atoms with Crippen LogP contribution in [0, 0.1) is 0 Å². The molecule has 4 rings (SSSR count). The highest BCUT2D eigenvalue weighted by molar-refractivity contribution is 8.18. The zero-order valence-corrected chi connectivity index (χ0v) is 16.3. The Morgan fingerprint density at radius 1 is 1.11 bits per heavy atom. The van der Waals surface area contributed by atoms with Crippen molar-refractivity contribution in [3.8, 4) is 0 Å². The Morgan fingerprint density at radius 3 is 2.67 bits per heavy atom. The second kappa shape index (κ2) is 8.23. The summed E-state index contributed by atoms with van der Waals surface area (Å²) in [6, 6.07) is 9.44. The van der Waals surface area contributed by atoms with Gasteiger partial charge in [-0.15, -0.1) is 0 Å². The van der Waals surface area contributed by atoms with Crippen molar-refractivity contribution in [2.24, 2.45) is 4.99 Å². The maximum Gasteiger partial charge on any atom is 0.267 e. The van der Waals surface area contributed by atoms with Crippen LogP contribution < -0.4 is 0 Å². The highest BCUT2D eigenvalue weighted by Crippen LogP contribution is 2.38. The van der Waals surface area contributed by atoms with Crippen LogP contribution in [0.1, 0.15) is 37.8 Å². The molecular formula is C20H19ClN4OS. The summed E-state index contributed by atoms with van der Waals surface area (Å²) in [5.74, 6) is -0.00341. The molecule has 0 atom stereocenters. The van der Waals surface area contributed by atoms with Gasteiger partial charge in [0.05, 0.1) is 10.6 Å². The molecule has 2 aliphatic rings. The van der Waals surface area contributed by atoms with Gasteiger partial charge >= 0.3 is 0 Å². The average molecular weight is 399 g/mol. The monoisotopic (exact) mass is 398 g/mol. The topological polar surface area (TPSA) is 58.5 Å². The Hall–Kier alpha value is -2.18. The van der Waals surface area contributed by atoms with Crippen LogP contribution in [0.25, 0.3) is 6.08 Å². The largest absolute Gasteiger partial charge is 0.283 e. The number of nitrogens with zero attached hydrogens (tertiary/aromatic N) is 4. The van der Waals surface area contributed by atoms with Crippen LogP contribution >= 0.6 is 23.4 Å². The van der Waals surface area contributed by atoms with Crippen molar-refractivity contribution in [1.82, 2.24) is 14.9 Å². The Labute approximate surface area is 167 Å². The number of thioether (sulfide) groups is 1. The van der Waals surface area contributed by atoms with E-state index in [0.29, 0.717) is 20.9 Å². The molecule has 0 radical (unpaired) electrons. The summed E-state index contributed by atoms with van der Waals surface area (Å²) in [7, 11) is 0. The molecule has 1 aliphatic heterocycles. The van der Waals surface area contributed by atoms with Crippen molar-refractivity contribution in [2.45, 2.75) is 38.1 Å². The Bertz CT molecular complexity index is 894. The van der Waals surface area contributed by atoms with Gasteiger partial charge in [-0.2, -0.15) is 0 Å². The highest BCUT2D eigenvalue weighted by Gasteiger charge is 2.38. The summed E-state index contributed by atoms with van der Waals surface area (Å²) in [5, 5.41) is 1.01. The van der Waals surface area contributed by atoms with Crippen molar-refractivity contribution in [3.05, 3.63) is 58.5 Å². The van der Waals surface area contributed by atoms with Gasteiger partial charge < -0.3 is 0 Å². The number of carbonyl (C=O) groups is 1. The first-order valence-electron chi connectivity index (χ1n) is 9.06. The minimum absolute atomic E-state index is 0.00341. The average Bonchev–Trinajstić information content (AvgIpc) is 3.00. The van der Waals surface area contributed by atoms with Crippen molar-refractivity contribution >= 4 is 46.2 Å². The van der Waals surface area contributed by atoms with Gasteiger partial charge in [0.1, 0.15) is 5.69 Å². The Kier molecular flexibility index (Phi) is 5.55. The second-order valence-corrected chi connectivity index (χ2v) is 7.91. The molecule has 1 aliphatic carbocycles. The molecule has 1 amide bonds. The number of aliphatic imine (C=N–C) groups is 1. The third-order valence-corrected chi connectivity index (χ3v) is 5.97. The number of hydrogen-bond acceptors (Lipinski definition) is 5. The first kappa shape index (κ1) is 18.2. The summed E-state index contributed by atoms with van der Waals surface area (Å²) in [6.07, 6.45) is 10.7. The molecule has 3 heterocycles. The van der Waals surface area contributed by atoms with Crippen molar-refractivity contribution in [1.29, 1.82) is 0 Å². The first-order valence-corrected chi connectivity index (χ1v) is 10.2. The molecule has 0 bridgehead atoms. The van der Waals surface area contributed by atoms with Gasteiger partial charge in [0.25, 0.3) is 5.91 Å². The van der Waals surface area contributed by atoms with E-state index in [9.17, 15) is 4.79 Å². The molecule has 5 nitrogen and oxygen atoms in total. The summed E-state index contributed by atoms with van der Waals surface area (Å²) in [6.45, 7) is 0. The molecule has 138 valence electrons. The van der Waals surface area contributed by atoms with E-state index in [1.807, 2.05) is 35.2 Å². The van der Waals surface area contributed by atoms with Gasteiger partial charge in [0, 0.05) is 18.4 Å². The lowest BCUT2D eigenvalue weighted by Gasteiger charge is -2.30. The Morgan fingerprint density at radius 2 is 1.93 bits per heavy atom. The van der Waals surface area contributed by atoms with Crippen LogP contribution in [0.5, 0.6) is 0 Å². The van der Waals surface area contributed by atoms with E-state index in [1.54, 1.807) is 18.5 Å². The highest BCUT2D eigenvalue weighted by atomic mass is 35.5. The van der Waals surface area contributed by atoms with E-state index in [4.69, 9.17) is 11.6 Å². The third-order valence-electron chi connectivity index (χ3n) is 4.70. The smallest absolute Gasteiger partial charge is 0.267 e. The maximum atomic E-state index is 13.2. The fraction of sp³-hybridized carbons (Fsp3) is 0.300. The van der Waals surface area contributed by atoms with E-state index < -0.39 is 0 Å². The van der Waals surface area contributed by atoms with Crippen LogP contribution in [0.3, 0.4) is 0 Å². The summed E-state index contributed by atoms with van der Waals surface area (Å²) >= 11 is 7.56. The fourth-order valence-corrected chi connectivity index (χ4v) is 4.58. The molecule has 2 aromatic rings. The van der Waals surface area contributed by atoms with E-state index in [1.165, 1.54) is 18.2 Å². The van der Waals surface area contributed by atoms with Gasteiger partial charge in [-0.3, -0.25) is 14.7 Å². The van der Waals surface area contributed by atoms with Gasteiger partial charge in [0.15, 0.2) is 10.3 Å². The normalized spacial score (nSPS) is 21.4. The van der Waals surface area contributed by atoms with E-state index in [2.05, 4.69) is 15.0 Å². The van der Waals surface area contributed by atoms with Gasteiger partial charge in [-0.25, -0.2) is 9.98 Å². The standard InChI is InChI=1S/C20H19ClN4OS/c21-18-16(10-6-12-23-18)24-20-25(15-8-2-1-3-9-15)19(26)17(27-20)13-14-7-4-5-11-22-14/h4-7,10-13,15H,1-3,8-9H2/b17-13-,24-20?. The number of amides is 1. The van der Waals surface area contributed by atoms with Crippen LogP contribution in [-0.2, 0) is 4.79 Å². The lowest BCUT2D eigenvalue weighted by Crippen LogP contribution is -2.40. The van der Waals surface area contributed by atoms with Crippen molar-refractivity contribution in [2.75, 3.05) is 0 Å². The molecule has 2 fully saturated rings. The van der Waals surface area contributed by atoms with Crippen LogP contribution in [0.15, 0.2) is 52.6 Å². The van der Waals surface area contributed by atoms with Gasteiger partial charge in [-0.05, 0) is 54.9 Å². The van der Waals surface area contributed by atoms with E-state index in [0.717, 1.165) is 31.4 Å². The quantitative estimate of drug-likeness (QED) is 0.535. The molecule has 0 unspecified atom stereocenters. The lowest BCUT2D eigenvalue weighted by molar-refractivity contribution is -0.124. The van der Waals surface area contributed by atoms with E-state index in [-0.39, 0.29) is 11.9 Å². The molecule has 27 heavy (non-hydrogen) atoms. The number of rotatable bonds is 3. The maximum absolute atomic E-state index is 13.2. The van der Waals surface area contributed by atoms with Crippen molar-refractivity contribution in [3.63, 3.8) is 0 Å². The lowest BCUT2D eigenvalue weighted by atomic mass is 9.94. The SMILES string of the molecule is O=C1/C(=C/c2ccccn2)SC(=Nc2cccnc2Cl)N1C1CCCCC1. The minimum atomic E-state index is -0.00341. The fourth-order valence-electron chi connectivity index (χ4n) is 3.39. The second-order valence-electron chi connectivity index (χ2n) is 6.54. The van der Waals surface area contributed by atoms with Gasteiger partial charge in [-0.1, -0.05) is 36.9 Å². The number of aromatic nitrogens is 2. The van der Waals surface area contributed by atoms with Gasteiger partial charge in [0.2, 0.25) is 0 Å². The zero-order valence-electron chi connectivity index (χ0n) is 14.7. The third kappa shape index (κ3) is 4.06. The molecule has 0 N–H and O–H groups in total. The predicted octanol–water partition coefficient (Wildman–Crippen LogP) is 5.07. The van der Waals surface area contributed by atoms with E-state index >= 15 is 0 Å². The zero-order chi connectivity index (χ0) is 18.6. The molecular weight excluding hydrogens is 380 g/mol. The molecule has 0 aromatic carbocycles. The number of pyridine rings is 2. The molecule has 2 aromatic heterocycles. The predicted molar refractivity (Wildman–Crippen MR) is 110 cm³/mol. The molecule has 0 spiro atoms. The minimum Gasteiger partial charge on any atom is -0.283 e. The number of carbonyl (C=O) groups excluding carboxylic acids is 1. The number of halogens is 1.